The maximum Gasteiger partial charge on any atom is 0.0890 e. The molecule has 0 aliphatic heterocycles. The van der Waals surface area contributed by atoms with Crippen LogP contribution in [-0.4, -0.2) is 23.1 Å². The van der Waals surface area contributed by atoms with E-state index in [9.17, 15) is 0 Å². The van der Waals surface area contributed by atoms with E-state index in [1.807, 2.05) is 37.5 Å². The molecule has 0 fully saturated rings. The minimum atomic E-state index is 0.496. The molecule has 17 heavy (non-hydrogen) atoms. The van der Waals surface area contributed by atoms with Gasteiger partial charge in [0.15, 0.2) is 0 Å². The van der Waals surface area contributed by atoms with Crippen LogP contribution < -0.4 is 5.32 Å². The summed E-state index contributed by atoms with van der Waals surface area (Å²) in [6.45, 7) is 2.20. The summed E-state index contributed by atoms with van der Waals surface area (Å²) in [4.78, 5) is 9.08. The molecule has 1 aromatic heterocycles. The number of likely N-dealkylation sites (N-methyl/N-ethyl adjacent to an activating group) is 1. The molecular weight excluding hydrogens is 210 g/mol. The molecule has 2 aromatic rings. The molecule has 1 aromatic carbocycles. The van der Waals surface area contributed by atoms with Crippen LogP contribution in [-0.2, 0) is 6.42 Å². The second-order valence-corrected chi connectivity index (χ2v) is 4.33. The normalized spacial score (nSPS) is 12.8. The number of hydrogen-bond acceptors (Lipinski definition) is 3. The van der Waals surface area contributed by atoms with Crippen LogP contribution in [0.1, 0.15) is 25.5 Å². The van der Waals surface area contributed by atoms with E-state index < -0.39 is 0 Å². The summed E-state index contributed by atoms with van der Waals surface area (Å²) >= 11 is 0. The number of para-hydroxylation sites is 2. The summed E-state index contributed by atoms with van der Waals surface area (Å²) in [7, 11) is 2.01. The van der Waals surface area contributed by atoms with Crippen LogP contribution >= 0.6 is 0 Å². The van der Waals surface area contributed by atoms with Gasteiger partial charge in [-0.05, 0) is 25.6 Å². The lowest BCUT2D eigenvalue weighted by Gasteiger charge is -2.14. The third-order valence-electron chi connectivity index (χ3n) is 3.00. The Bertz CT molecular complexity index is 482. The molecule has 0 bridgehead atoms. The first-order valence-electron chi connectivity index (χ1n) is 6.21. The van der Waals surface area contributed by atoms with E-state index in [0.29, 0.717) is 6.04 Å². The van der Waals surface area contributed by atoms with Gasteiger partial charge >= 0.3 is 0 Å². The predicted octanol–water partition coefficient (Wildman–Crippen LogP) is 2.56. The second-order valence-electron chi connectivity index (χ2n) is 4.33. The van der Waals surface area contributed by atoms with Gasteiger partial charge in [-0.3, -0.25) is 4.98 Å². The van der Waals surface area contributed by atoms with E-state index in [0.717, 1.165) is 23.1 Å². The summed E-state index contributed by atoms with van der Waals surface area (Å²) in [6.07, 6.45) is 5.20. The van der Waals surface area contributed by atoms with E-state index in [1.165, 1.54) is 12.8 Å². The van der Waals surface area contributed by atoms with Gasteiger partial charge in [0.05, 0.1) is 16.7 Å². The van der Waals surface area contributed by atoms with Crippen LogP contribution in [0.4, 0.5) is 0 Å². The quantitative estimate of drug-likeness (QED) is 0.856. The Morgan fingerprint density at radius 2 is 2.00 bits per heavy atom. The molecule has 0 radical (unpaired) electrons. The van der Waals surface area contributed by atoms with Crippen molar-refractivity contribution in [3.8, 4) is 0 Å². The van der Waals surface area contributed by atoms with Crippen molar-refractivity contribution >= 4 is 11.0 Å². The van der Waals surface area contributed by atoms with Gasteiger partial charge in [-0.2, -0.15) is 0 Å². The smallest absolute Gasteiger partial charge is 0.0890 e. The molecule has 2 rings (SSSR count). The fraction of sp³-hybridized carbons (Fsp3) is 0.429. The molecule has 0 saturated heterocycles. The number of hydrogen-bond donors (Lipinski definition) is 1. The van der Waals surface area contributed by atoms with Gasteiger partial charge in [0, 0.05) is 18.7 Å². The highest BCUT2D eigenvalue weighted by atomic mass is 14.9. The molecule has 0 aliphatic carbocycles. The number of rotatable bonds is 5. The average Bonchev–Trinajstić information content (AvgIpc) is 2.38. The van der Waals surface area contributed by atoms with Crippen LogP contribution in [0.5, 0.6) is 0 Å². The number of benzene rings is 1. The molecule has 90 valence electrons. The minimum Gasteiger partial charge on any atom is -0.317 e. The molecule has 3 heteroatoms. The van der Waals surface area contributed by atoms with Crippen molar-refractivity contribution < 1.29 is 0 Å². The summed E-state index contributed by atoms with van der Waals surface area (Å²) < 4.78 is 0. The van der Waals surface area contributed by atoms with Crippen molar-refractivity contribution in [3.05, 3.63) is 36.2 Å². The van der Waals surface area contributed by atoms with Gasteiger partial charge in [0.1, 0.15) is 0 Å². The van der Waals surface area contributed by atoms with Crippen LogP contribution in [0.2, 0.25) is 0 Å². The van der Waals surface area contributed by atoms with Crippen molar-refractivity contribution in [1.82, 2.24) is 15.3 Å². The zero-order valence-corrected chi connectivity index (χ0v) is 10.5. The third kappa shape index (κ3) is 3.01. The minimum absolute atomic E-state index is 0.496. The van der Waals surface area contributed by atoms with Gasteiger partial charge in [-0.15, -0.1) is 0 Å². The van der Waals surface area contributed by atoms with E-state index >= 15 is 0 Å². The van der Waals surface area contributed by atoms with Gasteiger partial charge in [-0.1, -0.05) is 25.5 Å². The van der Waals surface area contributed by atoms with Gasteiger partial charge in [0.2, 0.25) is 0 Å². The van der Waals surface area contributed by atoms with E-state index in [-0.39, 0.29) is 0 Å². The van der Waals surface area contributed by atoms with Crippen LogP contribution in [0.15, 0.2) is 30.5 Å². The SMILES string of the molecule is CCCC(Cc1cnc2ccccc2n1)NC. The number of nitrogens with one attached hydrogen (secondary N) is 1. The Morgan fingerprint density at radius 3 is 2.71 bits per heavy atom. The highest BCUT2D eigenvalue weighted by Crippen LogP contribution is 2.10. The Labute approximate surface area is 102 Å². The molecular formula is C14H19N3. The molecule has 0 spiro atoms. The molecule has 1 heterocycles. The van der Waals surface area contributed by atoms with E-state index in [4.69, 9.17) is 0 Å². The molecule has 0 saturated carbocycles. The Kier molecular flexibility index (Phi) is 4.04. The highest BCUT2D eigenvalue weighted by molar-refractivity contribution is 5.73. The molecule has 0 amide bonds. The van der Waals surface area contributed by atoms with Crippen LogP contribution in [0.3, 0.4) is 0 Å². The maximum atomic E-state index is 4.64. The number of fused-ring (bicyclic) bond motifs is 1. The Balaban J connectivity index is 2.18. The van der Waals surface area contributed by atoms with Crippen LogP contribution in [0.25, 0.3) is 11.0 Å². The lowest BCUT2D eigenvalue weighted by molar-refractivity contribution is 0.509. The summed E-state index contributed by atoms with van der Waals surface area (Å²) in [5.41, 5.74) is 3.01. The van der Waals surface area contributed by atoms with Gasteiger partial charge in [-0.25, -0.2) is 4.98 Å². The first-order chi connectivity index (χ1) is 8.33. The average molecular weight is 229 g/mol. The topological polar surface area (TPSA) is 37.8 Å². The van der Waals surface area contributed by atoms with Crippen molar-refractivity contribution in [3.63, 3.8) is 0 Å². The predicted molar refractivity (Wildman–Crippen MR) is 71.0 cm³/mol. The zero-order chi connectivity index (χ0) is 12.1. The Hall–Kier alpha value is -1.48. The zero-order valence-electron chi connectivity index (χ0n) is 10.5. The van der Waals surface area contributed by atoms with Crippen molar-refractivity contribution in [1.29, 1.82) is 0 Å². The molecule has 1 N–H and O–H groups in total. The lowest BCUT2D eigenvalue weighted by Crippen LogP contribution is -2.27. The summed E-state index contributed by atoms with van der Waals surface area (Å²) in [5, 5.41) is 3.33. The monoisotopic (exact) mass is 229 g/mol. The van der Waals surface area contributed by atoms with E-state index in [2.05, 4.69) is 22.2 Å². The summed E-state index contributed by atoms with van der Waals surface area (Å²) in [6, 6.07) is 8.50. The largest absolute Gasteiger partial charge is 0.317 e. The number of nitrogens with zero attached hydrogens (tertiary/aromatic N) is 2. The van der Waals surface area contributed by atoms with Crippen molar-refractivity contribution in [2.75, 3.05) is 7.05 Å². The standard InChI is InChI=1S/C14H19N3/c1-3-6-11(15-2)9-12-10-16-13-7-4-5-8-14(13)17-12/h4-5,7-8,10-11,15H,3,6,9H2,1-2H3. The van der Waals surface area contributed by atoms with Gasteiger partial charge in [0.25, 0.3) is 0 Å². The highest BCUT2D eigenvalue weighted by Gasteiger charge is 2.07. The van der Waals surface area contributed by atoms with Crippen LogP contribution in [0, 0.1) is 0 Å². The first kappa shape index (κ1) is 12.0. The molecule has 0 aliphatic rings. The Morgan fingerprint density at radius 1 is 1.24 bits per heavy atom. The third-order valence-corrected chi connectivity index (χ3v) is 3.00. The van der Waals surface area contributed by atoms with E-state index in [1.54, 1.807) is 0 Å². The fourth-order valence-corrected chi connectivity index (χ4v) is 2.04. The first-order valence-corrected chi connectivity index (χ1v) is 6.21. The molecule has 1 atom stereocenters. The summed E-state index contributed by atoms with van der Waals surface area (Å²) in [5.74, 6) is 0. The van der Waals surface area contributed by atoms with Crippen molar-refractivity contribution in [2.45, 2.75) is 32.2 Å². The maximum absolute atomic E-state index is 4.64. The molecule has 1 unspecified atom stereocenters. The number of aromatic nitrogens is 2. The lowest BCUT2D eigenvalue weighted by atomic mass is 10.1. The van der Waals surface area contributed by atoms with Gasteiger partial charge < -0.3 is 5.32 Å². The fourth-order valence-electron chi connectivity index (χ4n) is 2.04. The second kappa shape index (κ2) is 5.73. The van der Waals surface area contributed by atoms with Crippen molar-refractivity contribution in [2.24, 2.45) is 0 Å². The molecule has 3 nitrogen and oxygen atoms in total.